The second-order valence-electron chi connectivity index (χ2n) is 3.55. The predicted octanol–water partition coefficient (Wildman–Crippen LogP) is 1.84. The molecule has 2 atom stereocenters. The molecule has 0 aliphatic rings. The summed E-state index contributed by atoms with van der Waals surface area (Å²) >= 11 is 0. The van der Waals surface area contributed by atoms with Crippen LogP contribution in [0.2, 0.25) is 0 Å². The molecule has 1 N–H and O–H groups in total. The standard InChI is InChI=1S/C11H19NO2/c1-9(13-3)7-10(12-2)8-11-5-4-6-14-11/h4-6,9-10,12H,7-8H2,1-3H3. The zero-order valence-corrected chi connectivity index (χ0v) is 9.12. The monoisotopic (exact) mass is 197 g/mol. The quantitative estimate of drug-likeness (QED) is 0.755. The van der Waals surface area contributed by atoms with Crippen LogP contribution < -0.4 is 5.32 Å². The predicted molar refractivity (Wildman–Crippen MR) is 56.3 cm³/mol. The largest absolute Gasteiger partial charge is 0.469 e. The smallest absolute Gasteiger partial charge is 0.105 e. The molecule has 0 bridgehead atoms. The van der Waals surface area contributed by atoms with Gasteiger partial charge in [-0.25, -0.2) is 0 Å². The van der Waals surface area contributed by atoms with E-state index in [1.165, 1.54) is 0 Å². The molecule has 1 rings (SSSR count). The third-order valence-electron chi connectivity index (χ3n) is 2.45. The molecule has 0 aliphatic carbocycles. The Hall–Kier alpha value is -0.800. The summed E-state index contributed by atoms with van der Waals surface area (Å²) in [6.45, 7) is 2.08. The summed E-state index contributed by atoms with van der Waals surface area (Å²) in [5, 5.41) is 3.27. The van der Waals surface area contributed by atoms with E-state index in [1.54, 1.807) is 13.4 Å². The van der Waals surface area contributed by atoms with E-state index in [0.29, 0.717) is 6.04 Å². The molecule has 1 aromatic rings. The van der Waals surface area contributed by atoms with Crippen molar-refractivity contribution in [2.75, 3.05) is 14.2 Å². The number of hydrogen-bond donors (Lipinski definition) is 1. The fourth-order valence-electron chi connectivity index (χ4n) is 1.47. The van der Waals surface area contributed by atoms with Gasteiger partial charge in [0.15, 0.2) is 0 Å². The first-order chi connectivity index (χ1) is 6.76. The highest BCUT2D eigenvalue weighted by molar-refractivity contribution is 5.00. The van der Waals surface area contributed by atoms with Gasteiger partial charge in [0.2, 0.25) is 0 Å². The lowest BCUT2D eigenvalue weighted by Gasteiger charge is -2.18. The molecule has 0 aliphatic heterocycles. The van der Waals surface area contributed by atoms with E-state index in [2.05, 4.69) is 12.2 Å². The average Bonchev–Trinajstić information content (AvgIpc) is 2.69. The van der Waals surface area contributed by atoms with Crippen molar-refractivity contribution in [3.8, 4) is 0 Å². The number of rotatable bonds is 6. The zero-order chi connectivity index (χ0) is 10.4. The minimum Gasteiger partial charge on any atom is -0.469 e. The molecular formula is C11H19NO2. The topological polar surface area (TPSA) is 34.4 Å². The Morgan fingerprint density at radius 3 is 2.86 bits per heavy atom. The van der Waals surface area contributed by atoms with Crippen LogP contribution in [0.25, 0.3) is 0 Å². The van der Waals surface area contributed by atoms with Gasteiger partial charge in [0.25, 0.3) is 0 Å². The van der Waals surface area contributed by atoms with Crippen LogP contribution in [-0.2, 0) is 11.2 Å². The number of likely N-dealkylation sites (N-methyl/N-ethyl adjacent to an activating group) is 1. The van der Waals surface area contributed by atoms with Crippen molar-refractivity contribution in [3.63, 3.8) is 0 Å². The maximum Gasteiger partial charge on any atom is 0.105 e. The van der Waals surface area contributed by atoms with E-state index >= 15 is 0 Å². The van der Waals surface area contributed by atoms with Gasteiger partial charge in [-0.2, -0.15) is 0 Å². The highest BCUT2D eigenvalue weighted by atomic mass is 16.5. The third kappa shape index (κ3) is 3.52. The van der Waals surface area contributed by atoms with Crippen molar-refractivity contribution in [2.24, 2.45) is 0 Å². The van der Waals surface area contributed by atoms with Gasteiger partial charge in [-0.05, 0) is 32.5 Å². The molecule has 1 heterocycles. The summed E-state index contributed by atoms with van der Waals surface area (Å²) in [4.78, 5) is 0. The molecule has 2 unspecified atom stereocenters. The molecule has 0 radical (unpaired) electrons. The van der Waals surface area contributed by atoms with Gasteiger partial charge in [-0.1, -0.05) is 0 Å². The van der Waals surface area contributed by atoms with E-state index in [4.69, 9.17) is 9.15 Å². The number of methoxy groups -OCH3 is 1. The SMILES string of the molecule is CNC(Cc1ccco1)CC(C)OC. The Balaban J connectivity index is 2.39. The van der Waals surface area contributed by atoms with Crippen LogP contribution >= 0.6 is 0 Å². The molecule has 80 valence electrons. The van der Waals surface area contributed by atoms with Crippen LogP contribution in [0.5, 0.6) is 0 Å². The van der Waals surface area contributed by atoms with Crippen LogP contribution in [0.1, 0.15) is 19.1 Å². The summed E-state index contributed by atoms with van der Waals surface area (Å²) < 4.78 is 10.5. The summed E-state index contributed by atoms with van der Waals surface area (Å²) in [5.74, 6) is 1.02. The second kappa shape index (κ2) is 5.83. The van der Waals surface area contributed by atoms with E-state index in [0.717, 1.165) is 18.6 Å². The minimum absolute atomic E-state index is 0.280. The lowest BCUT2D eigenvalue weighted by molar-refractivity contribution is 0.101. The molecule has 3 heteroatoms. The summed E-state index contributed by atoms with van der Waals surface area (Å²) in [7, 11) is 3.71. The first-order valence-corrected chi connectivity index (χ1v) is 4.98. The lowest BCUT2D eigenvalue weighted by atomic mass is 10.1. The first-order valence-electron chi connectivity index (χ1n) is 4.98. The van der Waals surface area contributed by atoms with Crippen molar-refractivity contribution in [1.29, 1.82) is 0 Å². The Labute approximate surface area is 85.4 Å². The molecule has 3 nitrogen and oxygen atoms in total. The van der Waals surface area contributed by atoms with Crippen molar-refractivity contribution >= 4 is 0 Å². The van der Waals surface area contributed by atoms with Crippen molar-refractivity contribution in [1.82, 2.24) is 5.32 Å². The van der Waals surface area contributed by atoms with Crippen LogP contribution in [0.3, 0.4) is 0 Å². The van der Waals surface area contributed by atoms with Gasteiger partial charge >= 0.3 is 0 Å². The van der Waals surface area contributed by atoms with Crippen LogP contribution in [0, 0.1) is 0 Å². The fraction of sp³-hybridized carbons (Fsp3) is 0.636. The summed E-state index contributed by atoms with van der Waals surface area (Å²) in [6, 6.07) is 4.33. The van der Waals surface area contributed by atoms with E-state index in [1.807, 2.05) is 19.2 Å². The van der Waals surface area contributed by atoms with Gasteiger partial charge in [-0.3, -0.25) is 0 Å². The van der Waals surface area contributed by atoms with E-state index < -0.39 is 0 Å². The van der Waals surface area contributed by atoms with E-state index in [9.17, 15) is 0 Å². The van der Waals surface area contributed by atoms with Crippen molar-refractivity contribution in [3.05, 3.63) is 24.2 Å². The van der Waals surface area contributed by atoms with Gasteiger partial charge in [0, 0.05) is 19.6 Å². The van der Waals surface area contributed by atoms with Crippen molar-refractivity contribution in [2.45, 2.75) is 31.9 Å². The molecule has 0 spiro atoms. The molecule has 14 heavy (non-hydrogen) atoms. The Morgan fingerprint density at radius 2 is 2.36 bits per heavy atom. The molecule has 0 fully saturated rings. The van der Waals surface area contributed by atoms with Gasteiger partial charge in [-0.15, -0.1) is 0 Å². The molecule has 0 aromatic carbocycles. The zero-order valence-electron chi connectivity index (χ0n) is 9.12. The summed E-state index contributed by atoms with van der Waals surface area (Å²) in [5.41, 5.74) is 0. The normalized spacial score (nSPS) is 15.4. The van der Waals surface area contributed by atoms with E-state index in [-0.39, 0.29) is 6.10 Å². The van der Waals surface area contributed by atoms with Gasteiger partial charge < -0.3 is 14.5 Å². The number of furan rings is 1. The number of hydrogen-bond acceptors (Lipinski definition) is 3. The molecule has 0 saturated carbocycles. The van der Waals surface area contributed by atoms with Gasteiger partial charge in [0.05, 0.1) is 12.4 Å². The van der Waals surface area contributed by atoms with Crippen LogP contribution in [0.15, 0.2) is 22.8 Å². The average molecular weight is 197 g/mol. The summed E-state index contributed by atoms with van der Waals surface area (Å²) in [6.07, 6.45) is 3.90. The maximum atomic E-state index is 5.30. The highest BCUT2D eigenvalue weighted by Crippen LogP contribution is 2.09. The second-order valence-corrected chi connectivity index (χ2v) is 3.55. The van der Waals surface area contributed by atoms with Crippen molar-refractivity contribution < 1.29 is 9.15 Å². The number of ether oxygens (including phenoxy) is 1. The maximum absolute atomic E-state index is 5.30. The highest BCUT2D eigenvalue weighted by Gasteiger charge is 2.12. The third-order valence-corrected chi connectivity index (χ3v) is 2.45. The van der Waals surface area contributed by atoms with Gasteiger partial charge in [0.1, 0.15) is 5.76 Å². The van der Waals surface area contributed by atoms with Crippen LogP contribution in [-0.4, -0.2) is 26.3 Å². The Bertz CT molecular complexity index is 233. The Morgan fingerprint density at radius 1 is 1.57 bits per heavy atom. The number of nitrogens with one attached hydrogen (secondary N) is 1. The molecule has 0 saturated heterocycles. The molecule has 1 aromatic heterocycles. The molecule has 0 amide bonds. The molecular weight excluding hydrogens is 178 g/mol. The fourth-order valence-corrected chi connectivity index (χ4v) is 1.47. The van der Waals surface area contributed by atoms with Crippen LogP contribution in [0.4, 0.5) is 0 Å². The Kier molecular flexibility index (Phi) is 4.70. The lowest BCUT2D eigenvalue weighted by Crippen LogP contribution is -2.31. The first kappa shape index (κ1) is 11.3. The minimum atomic E-state index is 0.280.